The van der Waals surface area contributed by atoms with E-state index in [9.17, 15) is 14.4 Å². The molecule has 76 heavy (non-hydrogen) atoms. The van der Waals surface area contributed by atoms with E-state index in [1.54, 1.807) is 0 Å². The van der Waals surface area contributed by atoms with Crippen LogP contribution in [0, 0.1) is 0 Å². The van der Waals surface area contributed by atoms with E-state index in [2.05, 4.69) is 142 Å². The number of rotatable bonds is 56. The van der Waals surface area contributed by atoms with Gasteiger partial charge in [0.1, 0.15) is 13.2 Å². The van der Waals surface area contributed by atoms with E-state index in [0.29, 0.717) is 19.3 Å². The molecule has 0 aliphatic rings. The lowest BCUT2D eigenvalue weighted by atomic mass is 10.0. The summed E-state index contributed by atoms with van der Waals surface area (Å²) < 4.78 is 16.9. The van der Waals surface area contributed by atoms with Crippen LogP contribution < -0.4 is 0 Å². The predicted octanol–water partition coefficient (Wildman–Crippen LogP) is 21.6. The largest absolute Gasteiger partial charge is 0.462 e. The van der Waals surface area contributed by atoms with Gasteiger partial charge in [-0.2, -0.15) is 0 Å². The summed E-state index contributed by atoms with van der Waals surface area (Å²) in [7, 11) is 0. The Bertz CT molecular complexity index is 1590. The molecule has 0 aliphatic heterocycles. The number of ether oxygens (including phenoxy) is 3. The number of unbranched alkanes of at least 4 members (excludes halogenated alkanes) is 25. The second-order valence-electron chi connectivity index (χ2n) is 20.6. The Morgan fingerprint density at radius 1 is 0.276 bits per heavy atom. The molecule has 6 heteroatoms. The standard InChI is InChI=1S/C70H116O6/c1-4-7-10-13-16-19-22-25-27-29-30-31-32-33-34-35-36-37-38-39-40-42-43-45-48-51-54-57-60-63-69(72)75-66-67(65-74-68(71)62-59-56-53-50-47-24-21-18-15-12-9-6-3)76-70(73)64-61-58-55-52-49-46-44-41-28-26-23-20-17-14-11-8-5-2/h7-8,10-11,16-17,19-20,25-28,30-31,33-34,36-37,39-40,67H,4-6,9,12-15,18,21-24,29,32,35,38,41-66H2,1-3H3/b10-7-,11-8-,19-16-,20-17-,27-25-,28-26-,31-30-,34-33-,37-36-,40-39-. The zero-order chi connectivity index (χ0) is 55.0. The van der Waals surface area contributed by atoms with Crippen molar-refractivity contribution in [1.29, 1.82) is 0 Å². The summed E-state index contributed by atoms with van der Waals surface area (Å²) in [5.41, 5.74) is 0. The Kier molecular flexibility index (Phi) is 59.9. The van der Waals surface area contributed by atoms with Crippen LogP contribution in [0.5, 0.6) is 0 Å². The van der Waals surface area contributed by atoms with Gasteiger partial charge in [0.05, 0.1) is 0 Å². The van der Waals surface area contributed by atoms with Crippen molar-refractivity contribution in [3.63, 3.8) is 0 Å². The molecule has 0 bridgehead atoms. The SMILES string of the molecule is CC/C=C\C/C=C\C/C=C\C/C=C\C/C=C\C/C=C\C/C=C\CCCCCCCCCC(=O)OCC(COC(=O)CCCCCCCCCCCCCC)OC(=O)CCCCCCCCC/C=C\C/C=C\C/C=C\CC. The van der Waals surface area contributed by atoms with Crippen molar-refractivity contribution in [1.82, 2.24) is 0 Å². The maximum absolute atomic E-state index is 12.9. The first-order chi connectivity index (χ1) is 37.5. The molecule has 0 heterocycles. The van der Waals surface area contributed by atoms with Gasteiger partial charge >= 0.3 is 17.9 Å². The average molecular weight is 1050 g/mol. The van der Waals surface area contributed by atoms with Crippen LogP contribution in [0.1, 0.15) is 284 Å². The summed E-state index contributed by atoms with van der Waals surface area (Å²) in [5.74, 6) is -0.903. The van der Waals surface area contributed by atoms with Crippen molar-refractivity contribution in [2.24, 2.45) is 0 Å². The van der Waals surface area contributed by atoms with Gasteiger partial charge in [-0.05, 0) is 109 Å². The van der Waals surface area contributed by atoms with E-state index in [1.165, 1.54) is 109 Å². The molecule has 432 valence electrons. The smallest absolute Gasteiger partial charge is 0.306 e. The van der Waals surface area contributed by atoms with E-state index >= 15 is 0 Å². The normalized spacial score (nSPS) is 12.9. The van der Waals surface area contributed by atoms with Gasteiger partial charge in [0.2, 0.25) is 0 Å². The summed E-state index contributed by atoms with van der Waals surface area (Å²) in [6, 6.07) is 0. The maximum atomic E-state index is 12.9. The molecule has 0 spiro atoms. The molecule has 0 saturated heterocycles. The zero-order valence-electron chi connectivity index (χ0n) is 49.5. The van der Waals surface area contributed by atoms with Crippen molar-refractivity contribution in [3.05, 3.63) is 122 Å². The molecule has 0 aromatic rings. The lowest BCUT2D eigenvalue weighted by molar-refractivity contribution is -0.167. The van der Waals surface area contributed by atoms with Crippen LogP contribution in [0.4, 0.5) is 0 Å². The van der Waals surface area contributed by atoms with Crippen LogP contribution in [0.15, 0.2) is 122 Å². The number of carbonyl (C=O) groups excluding carboxylic acids is 3. The Morgan fingerprint density at radius 3 is 0.803 bits per heavy atom. The average Bonchev–Trinajstić information content (AvgIpc) is 3.42. The van der Waals surface area contributed by atoms with E-state index in [0.717, 1.165) is 135 Å². The minimum atomic E-state index is -0.790. The van der Waals surface area contributed by atoms with Gasteiger partial charge in [-0.3, -0.25) is 14.4 Å². The van der Waals surface area contributed by atoms with Crippen LogP contribution in [0.3, 0.4) is 0 Å². The fourth-order valence-corrected chi connectivity index (χ4v) is 8.56. The van der Waals surface area contributed by atoms with Gasteiger partial charge in [-0.1, -0.05) is 277 Å². The van der Waals surface area contributed by atoms with Crippen LogP contribution in [-0.4, -0.2) is 37.2 Å². The first-order valence-electron chi connectivity index (χ1n) is 31.5. The molecule has 0 rings (SSSR count). The highest BCUT2D eigenvalue weighted by atomic mass is 16.6. The van der Waals surface area contributed by atoms with Gasteiger partial charge in [0.15, 0.2) is 6.10 Å². The van der Waals surface area contributed by atoms with Crippen LogP contribution in [0.25, 0.3) is 0 Å². The second kappa shape index (κ2) is 63.3. The summed E-state index contributed by atoms with van der Waals surface area (Å²) in [6.07, 6.45) is 87.7. The lowest BCUT2D eigenvalue weighted by Gasteiger charge is -2.18. The molecule has 1 atom stereocenters. The van der Waals surface area contributed by atoms with Crippen LogP contribution in [-0.2, 0) is 28.6 Å². The monoisotopic (exact) mass is 1050 g/mol. The number of carbonyl (C=O) groups is 3. The Morgan fingerprint density at radius 2 is 0.513 bits per heavy atom. The van der Waals surface area contributed by atoms with E-state index in [4.69, 9.17) is 14.2 Å². The topological polar surface area (TPSA) is 78.9 Å². The maximum Gasteiger partial charge on any atom is 0.306 e. The summed E-state index contributed by atoms with van der Waals surface area (Å²) >= 11 is 0. The van der Waals surface area contributed by atoms with Crippen LogP contribution in [0.2, 0.25) is 0 Å². The highest BCUT2D eigenvalue weighted by molar-refractivity contribution is 5.71. The highest BCUT2D eigenvalue weighted by Crippen LogP contribution is 2.15. The third-order valence-electron chi connectivity index (χ3n) is 13.2. The minimum absolute atomic E-state index is 0.0854. The van der Waals surface area contributed by atoms with Gasteiger partial charge in [0, 0.05) is 19.3 Å². The Balaban J connectivity index is 4.33. The van der Waals surface area contributed by atoms with Gasteiger partial charge in [-0.25, -0.2) is 0 Å². The van der Waals surface area contributed by atoms with Crippen molar-refractivity contribution in [3.8, 4) is 0 Å². The fourth-order valence-electron chi connectivity index (χ4n) is 8.56. The zero-order valence-corrected chi connectivity index (χ0v) is 49.5. The van der Waals surface area contributed by atoms with E-state index in [-0.39, 0.29) is 31.1 Å². The highest BCUT2D eigenvalue weighted by Gasteiger charge is 2.19. The Labute approximate surface area is 469 Å². The first kappa shape index (κ1) is 71.8. The molecule has 0 amide bonds. The van der Waals surface area contributed by atoms with Gasteiger partial charge < -0.3 is 14.2 Å². The first-order valence-corrected chi connectivity index (χ1v) is 31.5. The van der Waals surface area contributed by atoms with Crippen LogP contribution >= 0.6 is 0 Å². The van der Waals surface area contributed by atoms with E-state index < -0.39 is 6.10 Å². The minimum Gasteiger partial charge on any atom is -0.462 e. The lowest BCUT2D eigenvalue weighted by Crippen LogP contribution is -2.30. The Hall–Kier alpha value is -4.19. The van der Waals surface area contributed by atoms with Crippen molar-refractivity contribution in [2.45, 2.75) is 290 Å². The summed E-state index contributed by atoms with van der Waals surface area (Å²) in [6.45, 7) is 6.41. The molecule has 0 aromatic heterocycles. The molecule has 0 aromatic carbocycles. The van der Waals surface area contributed by atoms with Crippen molar-refractivity contribution < 1.29 is 28.6 Å². The van der Waals surface area contributed by atoms with Gasteiger partial charge in [-0.15, -0.1) is 0 Å². The number of hydrogen-bond donors (Lipinski definition) is 0. The predicted molar refractivity (Wildman–Crippen MR) is 330 cm³/mol. The molecule has 0 N–H and O–H groups in total. The van der Waals surface area contributed by atoms with Gasteiger partial charge in [0.25, 0.3) is 0 Å². The van der Waals surface area contributed by atoms with Crippen molar-refractivity contribution in [2.75, 3.05) is 13.2 Å². The third-order valence-corrected chi connectivity index (χ3v) is 13.2. The number of hydrogen-bond acceptors (Lipinski definition) is 6. The molecule has 0 radical (unpaired) electrons. The molecule has 0 aliphatic carbocycles. The quantitative estimate of drug-likeness (QED) is 0.0261. The fraction of sp³-hybridized carbons (Fsp3) is 0.671. The molecule has 0 saturated carbocycles. The van der Waals surface area contributed by atoms with Crippen molar-refractivity contribution >= 4 is 17.9 Å². The third kappa shape index (κ3) is 60.7. The number of allylic oxidation sites excluding steroid dienone is 20. The van der Waals surface area contributed by atoms with E-state index in [1.807, 2.05) is 0 Å². The molecular weight excluding hydrogens is 937 g/mol. The molecule has 1 unspecified atom stereocenters. The molecule has 0 fully saturated rings. The summed E-state index contributed by atoms with van der Waals surface area (Å²) in [4.78, 5) is 38.2. The summed E-state index contributed by atoms with van der Waals surface area (Å²) in [5, 5.41) is 0. The molecular formula is C70H116O6. The molecule has 6 nitrogen and oxygen atoms in total. The number of esters is 3. The second-order valence-corrected chi connectivity index (χ2v) is 20.6.